The van der Waals surface area contributed by atoms with E-state index in [1.165, 1.54) is 44.5 Å². The van der Waals surface area contributed by atoms with Gasteiger partial charge in [-0.3, -0.25) is 4.98 Å². The maximum Gasteiger partial charge on any atom is 0.0736 e. The van der Waals surface area contributed by atoms with E-state index in [2.05, 4.69) is 82.1 Å². The number of benzene rings is 2. The van der Waals surface area contributed by atoms with Gasteiger partial charge in [0.2, 0.25) is 0 Å². The SMILES string of the molecule is Cc1cc(C)cc(-c2ccc(C)c(-c3nccc(C)c3C)c2)c1. The van der Waals surface area contributed by atoms with Gasteiger partial charge in [0, 0.05) is 11.8 Å². The van der Waals surface area contributed by atoms with Crippen LogP contribution in [0.2, 0.25) is 0 Å². The molecule has 0 spiro atoms. The molecule has 0 amide bonds. The van der Waals surface area contributed by atoms with E-state index in [0.29, 0.717) is 0 Å². The van der Waals surface area contributed by atoms with E-state index in [9.17, 15) is 0 Å². The van der Waals surface area contributed by atoms with Gasteiger partial charge >= 0.3 is 0 Å². The average molecular weight is 301 g/mol. The predicted molar refractivity (Wildman–Crippen MR) is 98.8 cm³/mol. The van der Waals surface area contributed by atoms with Crippen LogP contribution in [0.4, 0.5) is 0 Å². The Kier molecular flexibility index (Phi) is 4.04. The van der Waals surface area contributed by atoms with Gasteiger partial charge in [-0.05, 0) is 74.6 Å². The van der Waals surface area contributed by atoms with Gasteiger partial charge in [0.05, 0.1) is 5.69 Å². The Morgan fingerprint density at radius 1 is 0.652 bits per heavy atom. The van der Waals surface area contributed by atoms with Gasteiger partial charge in [0.15, 0.2) is 0 Å². The van der Waals surface area contributed by atoms with E-state index >= 15 is 0 Å². The lowest BCUT2D eigenvalue weighted by atomic mass is 9.94. The summed E-state index contributed by atoms with van der Waals surface area (Å²) >= 11 is 0. The molecule has 3 aromatic rings. The average Bonchev–Trinajstić information content (AvgIpc) is 2.50. The molecule has 2 aromatic carbocycles. The maximum atomic E-state index is 4.64. The number of pyridine rings is 1. The van der Waals surface area contributed by atoms with Crippen LogP contribution in [0.1, 0.15) is 27.8 Å². The zero-order valence-corrected chi connectivity index (χ0v) is 14.6. The summed E-state index contributed by atoms with van der Waals surface area (Å²) in [6.45, 7) is 10.8. The van der Waals surface area contributed by atoms with Gasteiger partial charge in [0.1, 0.15) is 0 Å². The third-order valence-electron chi connectivity index (χ3n) is 4.52. The highest BCUT2D eigenvalue weighted by Gasteiger charge is 2.10. The van der Waals surface area contributed by atoms with Crippen LogP contribution in [-0.2, 0) is 0 Å². The van der Waals surface area contributed by atoms with Crippen molar-refractivity contribution in [3.05, 3.63) is 76.5 Å². The van der Waals surface area contributed by atoms with Crippen molar-refractivity contribution in [1.29, 1.82) is 0 Å². The third-order valence-corrected chi connectivity index (χ3v) is 4.52. The second-order valence-corrected chi connectivity index (χ2v) is 6.51. The first kappa shape index (κ1) is 15.5. The standard InChI is InChI=1S/C22H23N/c1-14-10-15(2)12-20(11-14)19-7-6-17(4)21(13-19)22-18(5)16(3)8-9-23-22/h6-13H,1-5H3. The summed E-state index contributed by atoms with van der Waals surface area (Å²) in [5, 5.41) is 0. The summed E-state index contributed by atoms with van der Waals surface area (Å²) in [7, 11) is 0. The molecule has 1 heteroatoms. The van der Waals surface area contributed by atoms with Crippen molar-refractivity contribution >= 4 is 0 Å². The molecule has 0 aliphatic heterocycles. The molecule has 0 saturated carbocycles. The van der Waals surface area contributed by atoms with Crippen LogP contribution in [-0.4, -0.2) is 4.98 Å². The monoisotopic (exact) mass is 301 g/mol. The van der Waals surface area contributed by atoms with Crippen molar-refractivity contribution < 1.29 is 0 Å². The lowest BCUT2D eigenvalue weighted by Gasteiger charge is -2.13. The van der Waals surface area contributed by atoms with Crippen LogP contribution >= 0.6 is 0 Å². The van der Waals surface area contributed by atoms with Crippen molar-refractivity contribution in [2.45, 2.75) is 34.6 Å². The molecule has 0 bridgehead atoms. The predicted octanol–water partition coefficient (Wildman–Crippen LogP) is 5.96. The zero-order chi connectivity index (χ0) is 16.6. The van der Waals surface area contributed by atoms with Gasteiger partial charge in [-0.1, -0.05) is 41.5 Å². The minimum Gasteiger partial charge on any atom is -0.256 e. The maximum absolute atomic E-state index is 4.64. The Bertz CT molecular complexity index is 855. The molecule has 0 fully saturated rings. The largest absolute Gasteiger partial charge is 0.256 e. The Hall–Kier alpha value is -2.41. The van der Waals surface area contributed by atoms with Gasteiger partial charge in [-0.25, -0.2) is 0 Å². The van der Waals surface area contributed by atoms with E-state index in [4.69, 9.17) is 0 Å². The molecule has 116 valence electrons. The molecule has 0 radical (unpaired) electrons. The van der Waals surface area contributed by atoms with Crippen LogP contribution in [0.5, 0.6) is 0 Å². The van der Waals surface area contributed by atoms with Crippen molar-refractivity contribution in [3.8, 4) is 22.4 Å². The molecular weight excluding hydrogens is 278 g/mol. The van der Waals surface area contributed by atoms with Crippen molar-refractivity contribution in [2.24, 2.45) is 0 Å². The van der Waals surface area contributed by atoms with Gasteiger partial charge in [0.25, 0.3) is 0 Å². The summed E-state index contributed by atoms with van der Waals surface area (Å²) in [5.41, 5.74) is 11.2. The minimum atomic E-state index is 1.09. The second kappa shape index (κ2) is 6.00. The van der Waals surface area contributed by atoms with Gasteiger partial charge < -0.3 is 0 Å². The smallest absolute Gasteiger partial charge is 0.0736 e. The van der Waals surface area contributed by atoms with Gasteiger partial charge in [-0.2, -0.15) is 0 Å². The Morgan fingerprint density at radius 3 is 2.04 bits per heavy atom. The van der Waals surface area contributed by atoms with E-state index in [-0.39, 0.29) is 0 Å². The first-order chi connectivity index (χ1) is 11.0. The van der Waals surface area contributed by atoms with Crippen LogP contribution in [0.3, 0.4) is 0 Å². The molecule has 0 unspecified atom stereocenters. The highest BCUT2D eigenvalue weighted by Crippen LogP contribution is 2.31. The first-order valence-corrected chi connectivity index (χ1v) is 8.07. The van der Waals surface area contributed by atoms with Crippen molar-refractivity contribution in [1.82, 2.24) is 4.98 Å². The number of rotatable bonds is 2. The fourth-order valence-corrected chi connectivity index (χ4v) is 3.10. The molecule has 23 heavy (non-hydrogen) atoms. The van der Waals surface area contributed by atoms with Crippen LogP contribution in [0, 0.1) is 34.6 Å². The highest BCUT2D eigenvalue weighted by molar-refractivity contribution is 5.76. The molecule has 0 atom stereocenters. The van der Waals surface area contributed by atoms with E-state index < -0.39 is 0 Å². The van der Waals surface area contributed by atoms with Crippen LogP contribution < -0.4 is 0 Å². The van der Waals surface area contributed by atoms with Crippen LogP contribution in [0.25, 0.3) is 22.4 Å². The zero-order valence-electron chi connectivity index (χ0n) is 14.6. The second-order valence-electron chi connectivity index (χ2n) is 6.51. The fraction of sp³-hybridized carbons (Fsp3) is 0.227. The molecule has 0 saturated heterocycles. The van der Waals surface area contributed by atoms with E-state index in [0.717, 1.165) is 5.69 Å². The van der Waals surface area contributed by atoms with Crippen molar-refractivity contribution in [2.75, 3.05) is 0 Å². The summed E-state index contributed by atoms with van der Waals surface area (Å²) in [6, 6.07) is 15.5. The molecule has 0 aliphatic rings. The topological polar surface area (TPSA) is 12.9 Å². The molecule has 0 N–H and O–H groups in total. The minimum absolute atomic E-state index is 1.09. The van der Waals surface area contributed by atoms with E-state index in [1.807, 2.05) is 6.20 Å². The Morgan fingerprint density at radius 2 is 1.35 bits per heavy atom. The lowest BCUT2D eigenvalue weighted by Crippen LogP contribution is -1.94. The fourth-order valence-electron chi connectivity index (χ4n) is 3.10. The molecule has 1 nitrogen and oxygen atoms in total. The quantitative estimate of drug-likeness (QED) is 0.569. The molecule has 1 heterocycles. The highest BCUT2D eigenvalue weighted by atomic mass is 14.7. The van der Waals surface area contributed by atoms with Crippen molar-refractivity contribution in [3.63, 3.8) is 0 Å². The number of hydrogen-bond donors (Lipinski definition) is 0. The Labute approximate surface area is 139 Å². The Balaban J connectivity index is 2.18. The number of nitrogens with zero attached hydrogens (tertiary/aromatic N) is 1. The molecular formula is C22H23N. The molecule has 0 aliphatic carbocycles. The summed E-state index contributed by atoms with van der Waals surface area (Å²) in [5.74, 6) is 0. The third kappa shape index (κ3) is 3.05. The van der Waals surface area contributed by atoms with Gasteiger partial charge in [-0.15, -0.1) is 0 Å². The summed E-state index contributed by atoms with van der Waals surface area (Å²) in [6.07, 6.45) is 1.90. The summed E-state index contributed by atoms with van der Waals surface area (Å²) in [4.78, 5) is 4.64. The number of aromatic nitrogens is 1. The molecule has 3 rings (SSSR count). The summed E-state index contributed by atoms with van der Waals surface area (Å²) < 4.78 is 0. The molecule has 1 aromatic heterocycles. The first-order valence-electron chi connectivity index (χ1n) is 8.07. The lowest BCUT2D eigenvalue weighted by molar-refractivity contribution is 1.21. The normalized spacial score (nSPS) is 10.8. The number of aryl methyl sites for hydroxylation is 4. The van der Waals surface area contributed by atoms with E-state index in [1.54, 1.807) is 0 Å². The van der Waals surface area contributed by atoms with Crippen LogP contribution in [0.15, 0.2) is 48.7 Å². The number of hydrogen-bond acceptors (Lipinski definition) is 1.